The fraction of sp³-hybridized carbons (Fsp3) is 0.692. The summed E-state index contributed by atoms with van der Waals surface area (Å²) in [6.07, 6.45) is 3.26. The van der Waals surface area contributed by atoms with Crippen molar-refractivity contribution >= 4 is 21.7 Å². The van der Waals surface area contributed by atoms with E-state index in [0.29, 0.717) is 13.0 Å². The smallest absolute Gasteiger partial charge is 0.144 e. The van der Waals surface area contributed by atoms with Crippen LogP contribution in [0.1, 0.15) is 31.2 Å². The molecule has 0 aliphatic carbocycles. The highest BCUT2D eigenvalue weighted by molar-refractivity contribution is 9.10. The van der Waals surface area contributed by atoms with E-state index in [9.17, 15) is 4.79 Å². The van der Waals surface area contributed by atoms with Gasteiger partial charge in [0.1, 0.15) is 5.78 Å². The quantitative estimate of drug-likeness (QED) is 0.856. The summed E-state index contributed by atoms with van der Waals surface area (Å²) in [5.41, 5.74) is 1.99. The van der Waals surface area contributed by atoms with Crippen molar-refractivity contribution in [2.75, 3.05) is 13.2 Å². The van der Waals surface area contributed by atoms with Gasteiger partial charge in [0.05, 0.1) is 22.5 Å². The summed E-state index contributed by atoms with van der Waals surface area (Å²) in [5, 5.41) is 4.41. The third-order valence-corrected chi connectivity index (χ3v) is 4.38. The van der Waals surface area contributed by atoms with Crippen LogP contribution in [0.4, 0.5) is 0 Å². The SMILES string of the molecule is CCc1nn(C)c(CC(=O)C2CCCOC2)c1Br. The Bertz CT molecular complexity index is 436. The lowest BCUT2D eigenvalue weighted by Gasteiger charge is -2.20. The maximum absolute atomic E-state index is 12.2. The molecule has 2 heterocycles. The van der Waals surface area contributed by atoms with Crippen LogP contribution in [0.5, 0.6) is 0 Å². The number of carbonyl (C=O) groups is 1. The van der Waals surface area contributed by atoms with Gasteiger partial charge >= 0.3 is 0 Å². The average molecular weight is 315 g/mol. The van der Waals surface area contributed by atoms with Crippen LogP contribution in [-0.2, 0) is 29.4 Å². The molecule has 100 valence electrons. The maximum atomic E-state index is 12.2. The largest absolute Gasteiger partial charge is 0.381 e. The van der Waals surface area contributed by atoms with Crippen molar-refractivity contribution in [3.63, 3.8) is 0 Å². The van der Waals surface area contributed by atoms with E-state index in [1.807, 2.05) is 11.7 Å². The van der Waals surface area contributed by atoms with Crippen molar-refractivity contribution in [3.8, 4) is 0 Å². The molecule has 2 rings (SSSR count). The van der Waals surface area contributed by atoms with E-state index in [-0.39, 0.29) is 11.7 Å². The van der Waals surface area contributed by atoms with Crippen molar-refractivity contribution in [2.45, 2.75) is 32.6 Å². The van der Waals surface area contributed by atoms with Crippen LogP contribution in [0.3, 0.4) is 0 Å². The molecule has 1 saturated heterocycles. The average Bonchev–Trinajstić information content (AvgIpc) is 2.67. The Balaban J connectivity index is 2.08. The van der Waals surface area contributed by atoms with Crippen LogP contribution in [0.2, 0.25) is 0 Å². The highest BCUT2D eigenvalue weighted by atomic mass is 79.9. The van der Waals surface area contributed by atoms with Crippen LogP contribution in [-0.4, -0.2) is 28.8 Å². The van der Waals surface area contributed by atoms with Gasteiger partial charge in [-0.25, -0.2) is 0 Å². The molecule has 1 aliphatic heterocycles. The van der Waals surface area contributed by atoms with Crippen LogP contribution in [0.25, 0.3) is 0 Å². The molecule has 1 fully saturated rings. The number of halogens is 1. The van der Waals surface area contributed by atoms with Crippen molar-refractivity contribution in [1.29, 1.82) is 0 Å². The molecule has 1 unspecified atom stereocenters. The van der Waals surface area contributed by atoms with Gasteiger partial charge in [-0.2, -0.15) is 5.10 Å². The Morgan fingerprint density at radius 1 is 1.61 bits per heavy atom. The van der Waals surface area contributed by atoms with Gasteiger partial charge in [-0.15, -0.1) is 0 Å². The molecule has 0 aromatic carbocycles. The summed E-state index contributed by atoms with van der Waals surface area (Å²) in [6.45, 7) is 3.43. The first kappa shape index (κ1) is 13.7. The number of nitrogens with zero attached hydrogens (tertiary/aromatic N) is 2. The Morgan fingerprint density at radius 3 is 2.94 bits per heavy atom. The van der Waals surface area contributed by atoms with Crippen LogP contribution >= 0.6 is 15.9 Å². The minimum absolute atomic E-state index is 0.0608. The molecule has 4 nitrogen and oxygen atoms in total. The lowest BCUT2D eigenvalue weighted by molar-refractivity contribution is -0.126. The molecule has 5 heteroatoms. The topological polar surface area (TPSA) is 44.1 Å². The highest BCUT2D eigenvalue weighted by Crippen LogP contribution is 2.24. The first-order valence-electron chi connectivity index (χ1n) is 6.44. The van der Waals surface area contributed by atoms with E-state index in [0.717, 1.165) is 41.7 Å². The first-order valence-corrected chi connectivity index (χ1v) is 7.23. The van der Waals surface area contributed by atoms with Gasteiger partial charge in [0, 0.05) is 26.0 Å². The van der Waals surface area contributed by atoms with Crippen molar-refractivity contribution in [1.82, 2.24) is 9.78 Å². The summed E-state index contributed by atoms with van der Waals surface area (Å²) < 4.78 is 8.17. The van der Waals surface area contributed by atoms with Crippen LogP contribution < -0.4 is 0 Å². The summed E-state index contributed by atoms with van der Waals surface area (Å²) in [4.78, 5) is 12.2. The normalized spacial score (nSPS) is 20.1. The summed E-state index contributed by atoms with van der Waals surface area (Å²) in [7, 11) is 1.89. The molecule has 1 aromatic heterocycles. The molecular weight excluding hydrogens is 296 g/mol. The first-order chi connectivity index (χ1) is 8.63. The molecular formula is C13H19BrN2O2. The van der Waals surface area contributed by atoms with E-state index in [2.05, 4.69) is 28.0 Å². The van der Waals surface area contributed by atoms with E-state index >= 15 is 0 Å². The zero-order valence-electron chi connectivity index (χ0n) is 10.9. The second-order valence-corrected chi connectivity index (χ2v) is 5.53. The molecule has 1 aliphatic rings. The van der Waals surface area contributed by atoms with Crippen LogP contribution in [0.15, 0.2) is 4.47 Å². The number of aryl methyl sites for hydroxylation is 2. The zero-order chi connectivity index (χ0) is 13.1. The number of aromatic nitrogens is 2. The minimum Gasteiger partial charge on any atom is -0.381 e. The van der Waals surface area contributed by atoms with Gasteiger partial charge in [0.2, 0.25) is 0 Å². The molecule has 1 atom stereocenters. The lowest BCUT2D eigenvalue weighted by atomic mass is 9.94. The number of hydrogen-bond donors (Lipinski definition) is 0. The Hall–Kier alpha value is -0.680. The monoisotopic (exact) mass is 314 g/mol. The molecule has 1 aromatic rings. The van der Waals surface area contributed by atoms with Crippen molar-refractivity contribution < 1.29 is 9.53 Å². The Morgan fingerprint density at radius 2 is 2.39 bits per heavy atom. The van der Waals surface area contributed by atoms with Gasteiger partial charge in [0.15, 0.2) is 0 Å². The maximum Gasteiger partial charge on any atom is 0.144 e. The third kappa shape index (κ3) is 2.83. The predicted octanol–water partition coefficient (Wildman–Crippen LogP) is 2.28. The third-order valence-electron chi connectivity index (χ3n) is 3.46. The van der Waals surface area contributed by atoms with Crippen molar-refractivity contribution in [3.05, 3.63) is 15.9 Å². The number of hydrogen-bond acceptors (Lipinski definition) is 3. The lowest BCUT2D eigenvalue weighted by Crippen LogP contribution is -2.27. The van der Waals surface area contributed by atoms with Crippen LogP contribution in [0, 0.1) is 5.92 Å². The fourth-order valence-electron chi connectivity index (χ4n) is 2.32. The van der Waals surface area contributed by atoms with E-state index in [1.54, 1.807) is 0 Å². The molecule has 0 saturated carbocycles. The summed E-state index contributed by atoms with van der Waals surface area (Å²) >= 11 is 3.55. The molecule has 0 N–H and O–H groups in total. The molecule has 0 bridgehead atoms. The number of ether oxygens (including phenoxy) is 1. The minimum atomic E-state index is 0.0608. The fourth-order valence-corrected chi connectivity index (χ4v) is 3.07. The highest BCUT2D eigenvalue weighted by Gasteiger charge is 2.24. The molecule has 18 heavy (non-hydrogen) atoms. The Kier molecular flexibility index (Phi) is 4.56. The number of ketones is 1. The second-order valence-electron chi connectivity index (χ2n) is 4.74. The molecule has 0 radical (unpaired) electrons. The van der Waals surface area contributed by atoms with Gasteiger partial charge in [-0.05, 0) is 35.2 Å². The zero-order valence-corrected chi connectivity index (χ0v) is 12.5. The van der Waals surface area contributed by atoms with Gasteiger partial charge < -0.3 is 4.74 Å². The van der Waals surface area contributed by atoms with E-state index < -0.39 is 0 Å². The number of Topliss-reactive ketones (excluding diaryl/α,β-unsaturated/α-hetero) is 1. The standard InChI is InChI=1S/C13H19BrN2O2/c1-3-10-13(14)11(16(2)15-10)7-12(17)9-5-4-6-18-8-9/h9H,3-8H2,1-2H3. The summed E-state index contributed by atoms with van der Waals surface area (Å²) in [5.74, 6) is 0.326. The van der Waals surface area contributed by atoms with E-state index in [1.165, 1.54) is 0 Å². The molecule has 0 spiro atoms. The second kappa shape index (κ2) is 5.97. The van der Waals surface area contributed by atoms with E-state index in [4.69, 9.17) is 4.74 Å². The van der Waals surface area contributed by atoms with Gasteiger partial charge in [0.25, 0.3) is 0 Å². The van der Waals surface area contributed by atoms with Gasteiger partial charge in [-0.1, -0.05) is 6.92 Å². The predicted molar refractivity (Wildman–Crippen MR) is 72.5 cm³/mol. The number of rotatable bonds is 4. The molecule has 0 amide bonds. The summed E-state index contributed by atoms with van der Waals surface area (Å²) in [6, 6.07) is 0. The number of carbonyl (C=O) groups excluding carboxylic acids is 1. The Labute approximate surface area is 116 Å². The van der Waals surface area contributed by atoms with Crippen molar-refractivity contribution in [2.24, 2.45) is 13.0 Å². The van der Waals surface area contributed by atoms with Gasteiger partial charge in [-0.3, -0.25) is 9.48 Å².